The Balaban J connectivity index is 2.27. The second kappa shape index (κ2) is 4.57. The van der Waals surface area contributed by atoms with Gasteiger partial charge in [0.2, 0.25) is 0 Å². The van der Waals surface area contributed by atoms with Crippen molar-refractivity contribution in [3.05, 3.63) is 18.1 Å². The first kappa shape index (κ1) is 10.4. The van der Waals surface area contributed by atoms with Crippen molar-refractivity contribution >= 4 is 5.82 Å². The lowest BCUT2D eigenvalue weighted by Gasteiger charge is -2.25. The minimum atomic E-state index is 0.468. The third-order valence-electron chi connectivity index (χ3n) is 3.07. The van der Waals surface area contributed by atoms with Crippen LogP contribution in [0.25, 0.3) is 0 Å². The van der Waals surface area contributed by atoms with Crippen LogP contribution in [0, 0.1) is 0 Å². The van der Waals surface area contributed by atoms with Crippen LogP contribution >= 0.6 is 0 Å². The number of anilines is 1. The molecule has 0 radical (unpaired) electrons. The van der Waals surface area contributed by atoms with Gasteiger partial charge in [-0.2, -0.15) is 0 Å². The topological polar surface area (TPSA) is 55.0 Å². The van der Waals surface area contributed by atoms with Crippen LogP contribution in [0.4, 0.5) is 5.82 Å². The van der Waals surface area contributed by atoms with E-state index in [1.807, 2.05) is 0 Å². The highest BCUT2D eigenvalue weighted by molar-refractivity contribution is 5.45. The molecular weight excluding hydrogens is 188 g/mol. The lowest BCUT2D eigenvalue weighted by Crippen LogP contribution is -2.30. The Bertz CT molecular complexity index is 326. The molecule has 0 aromatic carbocycles. The second-order valence-electron chi connectivity index (χ2n) is 3.93. The Kier molecular flexibility index (Phi) is 3.16. The van der Waals surface area contributed by atoms with E-state index >= 15 is 0 Å². The Morgan fingerprint density at radius 3 is 3.00 bits per heavy atom. The Labute approximate surface area is 90.5 Å². The molecule has 2 rings (SSSR count). The Hall–Kier alpha value is -1.16. The van der Waals surface area contributed by atoms with Gasteiger partial charge in [-0.15, -0.1) is 0 Å². The van der Waals surface area contributed by atoms with Gasteiger partial charge in [-0.3, -0.25) is 4.98 Å². The van der Waals surface area contributed by atoms with E-state index in [4.69, 9.17) is 5.73 Å². The first-order valence-electron chi connectivity index (χ1n) is 5.63. The van der Waals surface area contributed by atoms with Gasteiger partial charge in [-0.25, -0.2) is 4.98 Å². The smallest absolute Gasteiger partial charge is 0.151 e. The number of nitrogens with two attached hydrogens (primary N) is 1. The lowest BCUT2D eigenvalue weighted by molar-refractivity contribution is 0.636. The number of hydrogen-bond acceptors (Lipinski definition) is 4. The summed E-state index contributed by atoms with van der Waals surface area (Å²) < 4.78 is 0. The van der Waals surface area contributed by atoms with Crippen LogP contribution in [0.5, 0.6) is 0 Å². The summed E-state index contributed by atoms with van der Waals surface area (Å²) in [7, 11) is 0. The van der Waals surface area contributed by atoms with E-state index in [-0.39, 0.29) is 0 Å². The van der Waals surface area contributed by atoms with Gasteiger partial charge in [0.05, 0.1) is 5.69 Å². The van der Waals surface area contributed by atoms with Crippen molar-refractivity contribution in [3.8, 4) is 0 Å². The molecule has 1 aromatic rings. The molecule has 0 aliphatic carbocycles. The maximum absolute atomic E-state index is 5.68. The van der Waals surface area contributed by atoms with Gasteiger partial charge >= 0.3 is 0 Å². The van der Waals surface area contributed by atoms with E-state index in [0.717, 1.165) is 18.1 Å². The summed E-state index contributed by atoms with van der Waals surface area (Å²) in [5.74, 6) is 0.990. The molecule has 0 bridgehead atoms. The minimum absolute atomic E-state index is 0.468. The number of nitrogens with zero attached hydrogens (tertiary/aromatic N) is 3. The predicted molar refractivity (Wildman–Crippen MR) is 60.6 cm³/mol. The molecule has 1 aliphatic heterocycles. The summed E-state index contributed by atoms with van der Waals surface area (Å²) in [5.41, 5.74) is 6.59. The number of rotatable bonds is 3. The standard InChI is InChI=1S/C11H18N4/c1-2-9-4-3-7-15(9)11-10(8-12)13-5-6-14-11/h5-6,9H,2-4,7-8,12H2,1H3. The van der Waals surface area contributed by atoms with Crippen molar-refractivity contribution < 1.29 is 0 Å². The zero-order chi connectivity index (χ0) is 10.7. The highest BCUT2D eigenvalue weighted by Gasteiger charge is 2.25. The molecule has 1 saturated heterocycles. The van der Waals surface area contributed by atoms with Gasteiger partial charge in [0, 0.05) is 31.5 Å². The largest absolute Gasteiger partial charge is 0.352 e. The normalized spacial score (nSPS) is 20.9. The Morgan fingerprint density at radius 1 is 1.47 bits per heavy atom. The molecule has 0 amide bonds. The highest BCUT2D eigenvalue weighted by atomic mass is 15.2. The van der Waals surface area contributed by atoms with Crippen molar-refractivity contribution in [2.24, 2.45) is 5.73 Å². The van der Waals surface area contributed by atoms with E-state index in [0.29, 0.717) is 12.6 Å². The van der Waals surface area contributed by atoms with Gasteiger partial charge in [0.1, 0.15) is 0 Å². The van der Waals surface area contributed by atoms with Gasteiger partial charge < -0.3 is 10.6 Å². The minimum Gasteiger partial charge on any atom is -0.352 e. The first-order valence-corrected chi connectivity index (χ1v) is 5.63. The average Bonchev–Trinajstić information content (AvgIpc) is 2.76. The third kappa shape index (κ3) is 1.95. The summed E-state index contributed by atoms with van der Waals surface area (Å²) in [6, 6.07) is 0.618. The Morgan fingerprint density at radius 2 is 2.27 bits per heavy atom. The zero-order valence-electron chi connectivity index (χ0n) is 9.19. The molecule has 82 valence electrons. The van der Waals surface area contributed by atoms with Crippen LogP contribution in [0.1, 0.15) is 31.9 Å². The highest BCUT2D eigenvalue weighted by Crippen LogP contribution is 2.26. The molecule has 2 N–H and O–H groups in total. The maximum atomic E-state index is 5.68. The molecule has 1 unspecified atom stereocenters. The molecular formula is C11H18N4. The van der Waals surface area contributed by atoms with E-state index in [1.165, 1.54) is 19.3 Å². The molecule has 1 atom stereocenters. The molecule has 1 aliphatic rings. The fraction of sp³-hybridized carbons (Fsp3) is 0.636. The molecule has 4 nitrogen and oxygen atoms in total. The summed E-state index contributed by atoms with van der Waals surface area (Å²) in [4.78, 5) is 11.1. The van der Waals surface area contributed by atoms with Crippen LogP contribution in [0.2, 0.25) is 0 Å². The molecule has 15 heavy (non-hydrogen) atoms. The SMILES string of the molecule is CCC1CCCN1c1nccnc1CN. The van der Waals surface area contributed by atoms with Crippen molar-refractivity contribution in [2.45, 2.75) is 38.8 Å². The van der Waals surface area contributed by atoms with E-state index in [1.54, 1.807) is 12.4 Å². The van der Waals surface area contributed by atoms with Crippen LogP contribution < -0.4 is 10.6 Å². The van der Waals surface area contributed by atoms with Gasteiger partial charge in [0.15, 0.2) is 5.82 Å². The summed E-state index contributed by atoms with van der Waals surface area (Å²) in [5, 5.41) is 0. The third-order valence-corrected chi connectivity index (χ3v) is 3.07. The summed E-state index contributed by atoms with van der Waals surface area (Å²) in [6.07, 6.45) is 7.14. The molecule has 0 saturated carbocycles. The van der Waals surface area contributed by atoms with Crippen molar-refractivity contribution in [2.75, 3.05) is 11.4 Å². The van der Waals surface area contributed by atoms with Crippen LogP contribution in [0.3, 0.4) is 0 Å². The van der Waals surface area contributed by atoms with E-state index in [9.17, 15) is 0 Å². The molecule has 4 heteroatoms. The molecule has 1 aromatic heterocycles. The molecule has 1 fully saturated rings. The van der Waals surface area contributed by atoms with E-state index < -0.39 is 0 Å². The second-order valence-corrected chi connectivity index (χ2v) is 3.93. The number of aromatic nitrogens is 2. The van der Waals surface area contributed by atoms with E-state index in [2.05, 4.69) is 21.8 Å². The molecule has 2 heterocycles. The lowest BCUT2D eigenvalue weighted by atomic mass is 10.1. The van der Waals surface area contributed by atoms with Crippen LogP contribution in [0.15, 0.2) is 12.4 Å². The number of hydrogen-bond donors (Lipinski definition) is 1. The van der Waals surface area contributed by atoms with Gasteiger partial charge in [-0.05, 0) is 19.3 Å². The monoisotopic (exact) mass is 206 g/mol. The summed E-state index contributed by atoms with van der Waals surface area (Å²) in [6.45, 7) is 3.78. The summed E-state index contributed by atoms with van der Waals surface area (Å²) >= 11 is 0. The predicted octanol–water partition coefficient (Wildman–Crippen LogP) is 1.31. The zero-order valence-corrected chi connectivity index (χ0v) is 9.19. The van der Waals surface area contributed by atoms with Crippen molar-refractivity contribution in [3.63, 3.8) is 0 Å². The quantitative estimate of drug-likeness (QED) is 0.810. The first-order chi connectivity index (χ1) is 7.36. The maximum Gasteiger partial charge on any atom is 0.151 e. The van der Waals surface area contributed by atoms with Crippen LogP contribution in [-0.2, 0) is 6.54 Å². The van der Waals surface area contributed by atoms with Crippen LogP contribution in [-0.4, -0.2) is 22.6 Å². The fourth-order valence-corrected chi connectivity index (χ4v) is 2.28. The van der Waals surface area contributed by atoms with Gasteiger partial charge in [-0.1, -0.05) is 6.92 Å². The fourth-order valence-electron chi connectivity index (χ4n) is 2.28. The van der Waals surface area contributed by atoms with Gasteiger partial charge in [0.25, 0.3) is 0 Å². The molecule has 0 spiro atoms. The van der Waals surface area contributed by atoms with Crippen molar-refractivity contribution in [1.29, 1.82) is 0 Å². The average molecular weight is 206 g/mol. The van der Waals surface area contributed by atoms with Crippen molar-refractivity contribution in [1.82, 2.24) is 9.97 Å².